The van der Waals surface area contributed by atoms with Crippen molar-refractivity contribution in [3.63, 3.8) is 0 Å². The maximum absolute atomic E-state index is 1.59. The molecule has 2 aliphatic carbocycles. The fourth-order valence-electron chi connectivity index (χ4n) is 4.45. The number of hydrogen-bond donors (Lipinski definition) is 0. The molecule has 0 amide bonds. The Morgan fingerprint density at radius 2 is 0.619 bits per heavy atom. The Morgan fingerprint density at radius 1 is 0.381 bits per heavy atom. The van der Waals surface area contributed by atoms with Crippen LogP contribution in [0, 0.1) is 0 Å². The van der Waals surface area contributed by atoms with Crippen LogP contribution in [-0.4, -0.2) is 15.2 Å². The van der Waals surface area contributed by atoms with Crippen molar-refractivity contribution in [1.29, 1.82) is 0 Å². The van der Waals surface area contributed by atoms with Gasteiger partial charge in [0, 0.05) is 0 Å². The molecule has 1 heteroatoms. The van der Waals surface area contributed by atoms with Crippen molar-refractivity contribution in [2.24, 2.45) is 0 Å². The number of hydrogen-bond acceptors (Lipinski definition) is 0. The van der Waals surface area contributed by atoms with Crippen molar-refractivity contribution < 1.29 is 1.43 Å². The largest absolute Gasteiger partial charge is 1.00 e. The third-order valence-electron chi connectivity index (χ3n) is 5.84. The van der Waals surface area contributed by atoms with E-state index in [0.717, 1.165) is 24.8 Å². The van der Waals surface area contributed by atoms with Crippen LogP contribution in [0.4, 0.5) is 0 Å². The predicted molar refractivity (Wildman–Crippen MR) is 97.5 cm³/mol. The van der Waals surface area contributed by atoms with Crippen molar-refractivity contribution in [1.82, 2.24) is 0 Å². The predicted octanol–water partition coefficient (Wildman–Crippen LogP) is 7.43. The van der Waals surface area contributed by atoms with Gasteiger partial charge in [-0.25, -0.2) is 0 Å². The van der Waals surface area contributed by atoms with Crippen molar-refractivity contribution in [2.75, 3.05) is 0 Å². The summed E-state index contributed by atoms with van der Waals surface area (Å²) < 4.78 is 2.33. The van der Waals surface area contributed by atoms with E-state index in [4.69, 9.17) is 0 Å². The standard InChI is InChI=1S/2C10H19.Al.H/c2*1-2-4-6-8-10-9-7-5-3-1;;/h2*1H,2-10H2;;/q;;+1;-1. The molecule has 2 fully saturated rings. The fourth-order valence-corrected chi connectivity index (χ4v) is 6.93. The van der Waals surface area contributed by atoms with Gasteiger partial charge in [0.1, 0.15) is 0 Å². The summed E-state index contributed by atoms with van der Waals surface area (Å²) in [5, 5.41) is 0. The van der Waals surface area contributed by atoms with Gasteiger partial charge in [-0.3, -0.25) is 0 Å². The molecule has 0 heterocycles. The topological polar surface area (TPSA) is 0 Å². The molecule has 0 aromatic heterocycles. The van der Waals surface area contributed by atoms with Gasteiger partial charge in [-0.1, -0.05) is 0 Å². The van der Waals surface area contributed by atoms with Crippen LogP contribution >= 0.6 is 0 Å². The van der Waals surface area contributed by atoms with E-state index < -0.39 is 0 Å². The summed E-state index contributed by atoms with van der Waals surface area (Å²) in [6.45, 7) is 0. The molecule has 0 saturated heterocycles. The number of rotatable bonds is 2. The Labute approximate surface area is 142 Å². The molecule has 0 atom stereocenters. The molecular formula is C20H39Al. The maximum atomic E-state index is 1.59. The zero-order valence-corrected chi connectivity index (χ0v) is 15.6. The minimum absolute atomic E-state index is 0. The second-order valence-corrected chi connectivity index (χ2v) is 10.1. The molecule has 0 bridgehead atoms. The summed E-state index contributed by atoms with van der Waals surface area (Å²) in [5.74, 6) is 0. The first-order valence-electron chi connectivity index (χ1n) is 10.3. The minimum atomic E-state index is 0. The van der Waals surface area contributed by atoms with Crippen LogP contribution in [0.2, 0.25) is 9.56 Å². The van der Waals surface area contributed by atoms with Crippen LogP contribution in [0.15, 0.2) is 0 Å². The molecule has 0 N–H and O–H groups in total. The monoisotopic (exact) mass is 306 g/mol. The zero-order valence-electron chi connectivity index (χ0n) is 15.5. The average Bonchev–Trinajstić information content (AvgIpc) is 2.52. The van der Waals surface area contributed by atoms with Gasteiger partial charge < -0.3 is 1.43 Å². The second kappa shape index (κ2) is 12.0. The quantitative estimate of drug-likeness (QED) is 0.465. The van der Waals surface area contributed by atoms with E-state index in [2.05, 4.69) is 0 Å². The van der Waals surface area contributed by atoms with Gasteiger partial charge in [-0.15, -0.1) is 0 Å². The van der Waals surface area contributed by atoms with E-state index in [1.807, 2.05) is 0 Å². The molecule has 2 aliphatic rings. The van der Waals surface area contributed by atoms with E-state index in [0.29, 0.717) is 0 Å². The normalized spacial score (nSPS) is 25.9. The van der Waals surface area contributed by atoms with Gasteiger partial charge in [-0.05, 0) is 0 Å². The van der Waals surface area contributed by atoms with Crippen molar-refractivity contribution in [3.05, 3.63) is 0 Å². The molecule has 21 heavy (non-hydrogen) atoms. The summed E-state index contributed by atoms with van der Waals surface area (Å²) in [7, 11) is 0. The van der Waals surface area contributed by atoms with E-state index in [1.54, 1.807) is 51.4 Å². The van der Waals surface area contributed by atoms with Crippen molar-refractivity contribution in [3.8, 4) is 0 Å². The summed E-state index contributed by atoms with van der Waals surface area (Å²) >= 11 is 0.748. The third-order valence-corrected chi connectivity index (χ3v) is 8.27. The first-order valence-corrected chi connectivity index (χ1v) is 11.6. The van der Waals surface area contributed by atoms with Gasteiger partial charge in [0.15, 0.2) is 0 Å². The Hall–Kier alpha value is 0.532. The van der Waals surface area contributed by atoms with Crippen LogP contribution in [0.3, 0.4) is 0 Å². The molecule has 0 radical (unpaired) electrons. The first-order chi connectivity index (χ1) is 10.4. The average molecular weight is 307 g/mol. The fraction of sp³-hybridized carbons (Fsp3) is 1.00. The Kier molecular flexibility index (Phi) is 10.2. The molecule has 0 aromatic carbocycles. The third kappa shape index (κ3) is 8.66. The van der Waals surface area contributed by atoms with Crippen molar-refractivity contribution >= 4 is 15.2 Å². The SMILES string of the molecule is C1CCCC[CH]([Al+][CH]2CCCCCCCCC2)CCCC1.[H-]. The minimum Gasteiger partial charge on any atom is -1.00 e. The molecule has 0 aromatic rings. The van der Waals surface area contributed by atoms with Crippen LogP contribution < -0.4 is 0 Å². The van der Waals surface area contributed by atoms with Crippen LogP contribution in [0.5, 0.6) is 0 Å². The summed E-state index contributed by atoms with van der Waals surface area (Å²) in [4.78, 5) is 0. The van der Waals surface area contributed by atoms with E-state index >= 15 is 0 Å². The molecule has 0 aliphatic heterocycles. The van der Waals surface area contributed by atoms with E-state index in [-0.39, 0.29) is 1.43 Å². The summed E-state index contributed by atoms with van der Waals surface area (Å²) in [5.41, 5.74) is 0. The Balaban J connectivity index is 0.00000242. The molecule has 2 saturated carbocycles. The van der Waals surface area contributed by atoms with Gasteiger partial charge in [0.05, 0.1) is 0 Å². The molecular weight excluding hydrogens is 267 g/mol. The zero-order chi connectivity index (χ0) is 14.6. The van der Waals surface area contributed by atoms with Crippen LogP contribution in [0.25, 0.3) is 0 Å². The molecule has 0 spiro atoms. The second-order valence-electron chi connectivity index (χ2n) is 7.82. The van der Waals surface area contributed by atoms with Crippen LogP contribution in [0.1, 0.15) is 117 Å². The molecule has 0 nitrogen and oxygen atoms in total. The summed E-state index contributed by atoms with van der Waals surface area (Å²) in [6.07, 6.45) is 27.8. The van der Waals surface area contributed by atoms with Gasteiger partial charge in [-0.2, -0.15) is 0 Å². The van der Waals surface area contributed by atoms with Gasteiger partial charge in [0.25, 0.3) is 0 Å². The van der Waals surface area contributed by atoms with Crippen molar-refractivity contribution in [2.45, 2.75) is 125 Å². The molecule has 2 rings (SSSR count). The smallest absolute Gasteiger partial charge is 1.00 e. The Morgan fingerprint density at radius 3 is 0.905 bits per heavy atom. The molecule has 0 unspecified atom stereocenters. The maximum Gasteiger partial charge on any atom is -1.00 e. The van der Waals surface area contributed by atoms with Gasteiger partial charge >= 0.3 is 140 Å². The molecule has 122 valence electrons. The first kappa shape index (κ1) is 17.9. The van der Waals surface area contributed by atoms with E-state index in [1.165, 1.54) is 64.2 Å². The van der Waals surface area contributed by atoms with Gasteiger partial charge in [0.2, 0.25) is 0 Å². The Bertz CT molecular complexity index is 200. The van der Waals surface area contributed by atoms with E-state index in [9.17, 15) is 0 Å². The summed E-state index contributed by atoms with van der Waals surface area (Å²) in [6, 6.07) is 0. The van der Waals surface area contributed by atoms with Crippen LogP contribution in [-0.2, 0) is 0 Å².